The van der Waals surface area contributed by atoms with Gasteiger partial charge in [-0.3, -0.25) is 4.79 Å². The van der Waals surface area contributed by atoms with Gasteiger partial charge < -0.3 is 5.32 Å². The van der Waals surface area contributed by atoms with Crippen LogP contribution in [0.5, 0.6) is 0 Å². The number of amides is 1. The van der Waals surface area contributed by atoms with E-state index in [1.807, 2.05) is 0 Å². The van der Waals surface area contributed by atoms with Crippen LogP contribution < -0.4 is 5.32 Å². The lowest BCUT2D eigenvalue weighted by Crippen LogP contribution is -2.23. The summed E-state index contributed by atoms with van der Waals surface area (Å²) < 4.78 is 12.7. The largest absolute Gasteiger partial charge is 0.347 e. The van der Waals surface area contributed by atoms with Gasteiger partial charge in [-0.15, -0.1) is 0 Å². The quantitative estimate of drug-likeness (QED) is 0.926. The lowest BCUT2D eigenvalue weighted by Gasteiger charge is -2.04. The predicted octanol–water partition coefficient (Wildman–Crippen LogP) is 2.20. The number of carbonyl (C=O) groups is 1. The fourth-order valence-corrected chi connectivity index (χ4v) is 1.40. The fraction of sp³-hybridized carbons (Fsp3) is 0.0833. The number of aromatic nitrogens is 2. The monoisotopic (exact) mass is 265 g/mol. The zero-order valence-corrected chi connectivity index (χ0v) is 9.99. The molecule has 1 amide bonds. The minimum Gasteiger partial charge on any atom is -0.347 e. The number of nitrogens with one attached hydrogen (secondary N) is 1. The number of hydrogen-bond donors (Lipinski definition) is 1. The maximum Gasteiger partial charge on any atom is 0.271 e. The van der Waals surface area contributed by atoms with Gasteiger partial charge in [-0.1, -0.05) is 23.7 Å². The van der Waals surface area contributed by atoms with Crippen molar-refractivity contribution in [2.45, 2.75) is 6.54 Å². The van der Waals surface area contributed by atoms with E-state index >= 15 is 0 Å². The first-order valence-corrected chi connectivity index (χ1v) is 5.53. The van der Waals surface area contributed by atoms with Crippen molar-refractivity contribution in [3.8, 4) is 0 Å². The first-order valence-electron chi connectivity index (χ1n) is 5.15. The van der Waals surface area contributed by atoms with Crippen LogP contribution in [0.25, 0.3) is 0 Å². The van der Waals surface area contributed by atoms with E-state index in [4.69, 9.17) is 11.6 Å². The van der Waals surface area contributed by atoms with Crippen LogP contribution in [0, 0.1) is 5.82 Å². The normalized spacial score (nSPS) is 10.1. The minimum atomic E-state index is -0.358. The van der Waals surface area contributed by atoms with E-state index in [9.17, 15) is 9.18 Å². The molecule has 0 radical (unpaired) electrons. The van der Waals surface area contributed by atoms with Gasteiger partial charge in [0.05, 0.1) is 12.4 Å². The van der Waals surface area contributed by atoms with Gasteiger partial charge in [0.2, 0.25) is 0 Å². The van der Waals surface area contributed by atoms with E-state index in [-0.39, 0.29) is 22.6 Å². The molecule has 0 saturated heterocycles. The molecule has 0 aliphatic carbocycles. The Kier molecular flexibility index (Phi) is 3.84. The molecule has 0 atom stereocenters. The molecule has 2 aromatic rings. The molecule has 0 aliphatic rings. The van der Waals surface area contributed by atoms with Gasteiger partial charge in [0.15, 0.2) is 0 Å². The minimum absolute atomic E-state index is 0.182. The van der Waals surface area contributed by atoms with E-state index in [2.05, 4.69) is 15.3 Å². The standard InChI is InChI=1S/C12H9ClFN3O/c13-11-7-15-10(6-16-11)12(18)17-5-8-1-3-9(14)4-2-8/h1-4,6-7H,5H2,(H,17,18). The average Bonchev–Trinajstić information content (AvgIpc) is 2.38. The highest BCUT2D eigenvalue weighted by atomic mass is 35.5. The Balaban J connectivity index is 1.96. The second-order valence-corrected chi connectivity index (χ2v) is 3.92. The number of benzene rings is 1. The van der Waals surface area contributed by atoms with Crippen molar-refractivity contribution < 1.29 is 9.18 Å². The zero-order chi connectivity index (χ0) is 13.0. The lowest BCUT2D eigenvalue weighted by molar-refractivity contribution is 0.0945. The SMILES string of the molecule is O=C(NCc1ccc(F)cc1)c1cnc(Cl)cn1. The van der Waals surface area contributed by atoms with Gasteiger partial charge in [-0.2, -0.15) is 0 Å². The van der Waals surface area contributed by atoms with Gasteiger partial charge in [0.25, 0.3) is 5.91 Å². The molecule has 0 bridgehead atoms. The summed E-state index contributed by atoms with van der Waals surface area (Å²) in [5, 5.41) is 2.87. The van der Waals surface area contributed by atoms with Crippen molar-refractivity contribution in [1.29, 1.82) is 0 Å². The summed E-state index contributed by atoms with van der Waals surface area (Å²) >= 11 is 5.56. The Hall–Kier alpha value is -2.01. The van der Waals surface area contributed by atoms with Crippen LogP contribution in [0.4, 0.5) is 4.39 Å². The Morgan fingerprint density at radius 2 is 1.94 bits per heavy atom. The first-order chi connectivity index (χ1) is 8.65. The number of carbonyl (C=O) groups excluding carboxylic acids is 1. The Labute approximate surface area is 108 Å². The molecule has 2 rings (SSSR count). The van der Waals surface area contributed by atoms with E-state index in [1.54, 1.807) is 12.1 Å². The molecule has 1 N–H and O–H groups in total. The number of rotatable bonds is 3. The number of nitrogens with zero attached hydrogens (tertiary/aromatic N) is 2. The van der Waals surface area contributed by atoms with Crippen molar-refractivity contribution in [2.24, 2.45) is 0 Å². The second-order valence-electron chi connectivity index (χ2n) is 3.53. The van der Waals surface area contributed by atoms with Gasteiger partial charge >= 0.3 is 0 Å². The Bertz CT molecular complexity index is 542. The van der Waals surface area contributed by atoms with E-state index in [0.717, 1.165) is 5.56 Å². The molecule has 18 heavy (non-hydrogen) atoms. The molecule has 0 spiro atoms. The molecule has 0 saturated carbocycles. The number of hydrogen-bond acceptors (Lipinski definition) is 3. The highest BCUT2D eigenvalue weighted by Crippen LogP contribution is 2.04. The van der Waals surface area contributed by atoms with Crippen LogP contribution in [-0.2, 0) is 6.54 Å². The number of halogens is 2. The van der Waals surface area contributed by atoms with Crippen LogP contribution in [0.15, 0.2) is 36.7 Å². The molecule has 4 nitrogen and oxygen atoms in total. The van der Waals surface area contributed by atoms with Gasteiger partial charge in [0.1, 0.15) is 16.7 Å². The van der Waals surface area contributed by atoms with Crippen LogP contribution in [0.3, 0.4) is 0 Å². The van der Waals surface area contributed by atoms with E-state index in [0.29, 0.717) is 6.54 Å². The summed E-state index contributed by atoms with van der Waals surface area (Å²) in [5.74, 6) is -0.669. The molecule has 0 fully saturated rings. The molecule has 0 aliphatic heterocycles. The maximum absolute atomic E-state index is 12.7. The third-order valence-electron chi connectivity index (χ3n) is 2.22. The Morgan fingerprint density at radius 3 is 2.56 bits per heavy atom. The Morgan fingerprint density at radius 1 is 1.22 bits per heavy atom. The molecule has 6 heteroatoms. The highest BCUT2D eigenvalue weighted by molar-refractivity contribution is 6.29. The average molecular weight is 266 g/mol. The molecule has 1 aromatic carbocycles. The third-order valence-corrected chi connectivity index (χ3v) is 2.41. The van der Waals surface area contributed by atoms with Crippen molar-refractivity contribution in [2.75, 3.05) is 0 Å². The lowest BCUT2D eigenvalue weighted by atomic mass is 10.2. The van der Waals surface area contributed by atoms with Crippen LogP contribution in [0.2, 0.25) is 5.15 Å². The second kappa shape index (κ2) is 5.55. The summed E-state index contributed by atoms with van der Waals surface area (Å²) in [6.45, 7) is 0.295. The van der Waals surface area contributed by atoms with Crippen molar-refractivity contribution in [3.63, 3.8) is 0 Å². The predicted molar refractivity (Wildman–Crippen MR) is 64.6 cm³/mol. The summed E-state index contributed by atoms with van der Waals surface area (Å²) in [6, 6.07) is 5.87. The fourth-order valence-electron chi connectivity index (χ4n) is 1.30. The van der Waals surface area contributed by atoms with Crippen molar-refractivity contribution >= 4 is 17.5 Å². The first kappa shape index (κ1) is 12.4. The van der Waals surface area contributed by atoms with E-state index in [1.165, 1.54) is 24.5 Å². The van der Waals surface area contributed by atoms with Gasteiger partial charge in [-0.25, -0.2) is 14.4 Å². The molecule has 1 aromatic heterocycles. The molecule has 1 heterocycles. The van der Waals surface area contributed by atoms with Crippen LogP contribution in [0.1, 0.15) is 16.1 Å². The van der Waals surface area contributed by atoms with Gasteiger partial charge in [-0.05, 0) is 17.7 Å². The smallest absolute Gasteiger partial charge is 0.271 e. The van der Waals surface area contributed by atoms with Crippen molar-refractivity contribution in [1.82, 2.24) is 15.3 Å². The maximum atomic E-state index is 12.7. The molecule has 92 valence electrons. The summed E-state index contributed by atoms with van der Waals surface area (Å²) in [5.41, 5.74) is 0.980. The molecular weight excluding hydrogens is 257 g/mol. The third kappa shape index (κ3) is 3.24. The molecule has 0 unspecified atom stereocenters. The van der Waals surface area contributed by atoms with Crippen molar-refractivity contribution in [3.05, 3.63) is 58.9 Å². The van der Waals surface area contributed by atoms with Crippen LogP contribution in [-0.4, -0.2) is 15.9 Å². The summed E-state index contributed by atoms with van der Waals surface area (Å²) in [7, 11) is 0. The summed E-state index contributed by atoms with van der Waals surface area (Å²) in [4.78, 5) is 19.3. The van der Waals surface area contributed by atoms with E-state index < -0.39 is 0 Å². The topological polar surface area (TPSA) is 54.9 Å². The van der Waals surface area contributed by atoms with Gasteiger partial charge in [0, 0.05) is 6.54 Å². The highest BCUT2D eigenvalue weighted by Gasteiger charge is 2.07. The summed E-state index contributed by atoms with van der Waals surface area (Å²) in [6.07, 6.45) is 2.59. The zero-order valence-electron chi connectivity index (χ0n) is 9.23. The van der Waals surface area contributed by atoms with Crippen LogP contribution >= 0.6 is 11.6 Å². The molecular formula is C12H9ClFN3O.